The smallest absolute Gasteiger partial charge is 0.227 e. The average molecular weight is 404 g/mol. The first-order valence-electron chi connectivity index (χ1n) is 9.22. The number of hydrogen-bond donors (Lipinski definition) is 2. The van der Waals surface area contributed by atoms with Crippen LogP contribution in [0.2, 0.25) is 5.02 Å². The molecule has 0 saturated heterocycles. The highest BCUT2D eigenvalue weighted by Gasteiger charge is 2.17. The fraction of sp³-hybridized carbons (Fsp3) is 0.333. The monoisotopic (exact) mass is 403 g/mol. The van der Waals surface area contributed by atoms with Crippen molar-refractivity contribution in [3.8, 4) is 5.75 Å². The summed E-state index contributed by atoms with van der Waals surface area (Å²) in [4.78, 5) is 23.8. The maximum atomic E-state index is 12.8. The van der Waals surface area contributed by atoms with E-state index in [1.807, 2.05) is 26.0 Å². The molecule has 0 aliphatic rings. The number of carbonyl (C=O) groups excluding carboxylic acids is 1. The van der Waals surface area contributed by atoms with E-state index in [0.717, 1.165) is 17.7 Å². The number of amides is 1. The van der Waals surface area contributed by atoms with Crippen molar-refractivity contribution >= 4 is 29.1 Å². The molecule has 3 N–H and O–H groups in total. The van der Waals surface area contributed by atoms with E-state index in [-0.39, 0.29) is 24.1 Å². The molecule has 2 aromatic rings. The predicted molar refractivity (Wildman–Crippen MR) is 113 cm³/mol. The fourth-order valence-corrected chi connectivity index (χ4v) is 3.00. The summed E-state index contributed by atoms with van der Waals surface area (Å²) in [5.41, 5.74) is 1.68. The van der Waals surface area contributed by atoms with Crippen LogP contribution in [0.25, 0.3) is 0 Å². The van der Waals surface area contributed by atoms with Gasteiger partial charge in [-0.2, -0.15) is 5.90 Å². The molecule has 0 bridgehead atoms. The number of nitrogens with two attached hydrogens (primary N) is 1. The number of benzene rings is 2. The molecule has 0 heterocycles. The summed E-state index contributed by atoms with van der Waals surface area (Å²) in [5, 5.41) is 9.97. The fourth-order valence-electron chi connectivity index (χ4n) is 2.81. The Kier molecular flexibility index (Phi) is 8.29. The van der Waals surface area contributed by atoms with E-state index in [0.29, 0.717) is 23.9 Å². The average Bonchev–Trinajstić information content (AvgIpc) is 2.69. The van der Waals surface area contributed by atoms with E-state index < -0.39 is 0 Å². The van der Waals surface area contributed by atoms with Gasteiger partial charge in [-0.15, -0.1) is 0 Å². The van der Waals surface area contributed by atoms with Crippen LogP contribution in [0.5, 0.6) is 5.75 Å². The van der Waals surface area contributed by atoms with Crippen LogP contribution in [0.3, 0.4) is 0 Å². The number of carbonyl (C=O) groups is 1. The Labute approximate surface area is 170 Å². The lowest BCUT2D eigenvalue weighted by atomic mass is 10.1. The van der Waals surface area contributed by atoms with Crippen LogP contribution < -0.4 is 10.8 Å². The molecule has 2 aromatic carbocycles. The number of nitrogens with zero attached hydrogens (tertiary/aromatic N) is 2. The lowest BCUT2D eigenvalue weighted by Gasteiger charge is -2.22. The molecule has 1 atom stereocenters. The van der Waals surface area contributed by atoms with Crippen LogP contribution in [-0.2, 0) is 9.63 Å². The first kappa shape index (κ1) is 21.7. The molecule has 0 radical (unpaired) electrons. The van der Waals surface area contributed by atoms with Gasteiger partial charge in [0.1, 0.15) is 5.75 Å². The van der Waals surface area contributed by atoms with E-state index in [4.69, 9.17) is 22.3 Å². The maximum Gasteiger partial charge on any atom is 0.227 e. The number of phenols is 1. The zero-order valence-corrected chi connectivity index (χ0v) is 16.9. The third-order valence-electron chi connectivity index (χ3n) is 4.27. The second kappa shape index (κ2) is 10.7. The Balaban J connectivity index is 2.05. The summed E-state index contributed by atoms with van der Waals surface area (Å²) < 4.78 is 0. The number of halogens is 1. The largest absolute Gasteiger partial charge is 0.508 e. The Morgan fingerprint density at radius 2 is 1.96 bits per heavy atom. The van der Waals surface area contributed by atoms with E-state index in [9.17, 15) is 9.90 Å². The van der Waals surface area contributed by atoms with Gasteiger partial charge in [0.25, 0.3) is 0 Å². The molecule has 28 heavy (non-hydrogen) atoms. The lowest BCUT2D eigenvalue weighted by molar-refractivity contribution is -0.118. The standard InChI is InChI=1S/C21H26ClN3O3/c1-3-13-25(18-6-4-5-17(22)14-18)21(27)12-11-20(28-23)24-15(2)16-7-9-19(26)10-8-16/h4-10,14-15,26H,3,11-13,23H2,1-2H3/b24-20-. The molecule has 1 unspecified atom stereocenters. The van der Waals surface area contributed by atoms with Gasteiger partial charge in [0.15, 0.2) is 0 Å². The van der Waals surface area contributed by atoms with Gasteiger partial charge >= 0.3 is 0 Å². The molecule has 6 nitrogen and oxygen atoms in total. The highest BCUT2D eigenvalue weighted by molar-refractivity contribution is 6.30. The Bertz CT molecular complexity index is 809. The SMILES string of the molecule is CCCN(C(=O)CC/C(=N/C(C)c1ccc(O)cc1)ON)c1cccc(Cl)c1. The first-order chi connectivity index (χ1) is 13.4. The van der Waals surface area contributed by atoms with Gasteiger partial charge in [-0.25, -0.2) is 4.99 Å². The first-order valence-corrected chi connectivity index (χ1v) is 9.60. The van der Waals surface area contributed by atoms with Gasteiger partial charge < -0.3 is 14.8 Å². The number of hydrogen-bond acceptors (Lipinski definition) is 5. The van der Waals surface area contributed by atoms with Gasteiger partial charge in [0, 0.05) is 30.1 Å². The van der Waals surface area contributed by atoms with Gasteiger partial charge in [-0.05, 0) is 49.2 Å². The van der Waals surface area contributed by atoms with Gasteiger partial charge in [0.2, 0.25) is 11.8 Å². The number of rotatable bonds is 8. The number of aliphatic imine (C=N–C) groups is 1. The van der Waals surface area contributed by atoms with Crippen molar-refractivity contribution in [2.24, 2.45) is 10.9 Å². The van der Waals surface area contributed by atoms with E-state index in [1.54, 1.807) is 41.3 Å². The summed E-state index contributed by atoms with van der Waals surface area (Å²) in [6.45, 7) is 4.50. The third kappa shape index (κ3) is 6.25. The molecule has 0 aromatic heterocycles. The highest BCUT2D eigenvalue weighted by atomic mass is 35.5. The second-order valence-corrected chi connectivity index (χ2v) is 6.87. The Morgan fingerprint density at radius 1 is 1.25 bits per heavy atom. The zero-order valence-electron chi connectivity index (χ0n) is 16.1. The molecule has 0 aliphatic heterocycles. The highest BCUT2D eigenvalue weighted by Crippen LogP contribution is 2.22. The summed E-state index contributed by atoms with van der Waals surface area (Å²) >= 11 is 6.06. The van der Waals surface area contributed by atoms with Crippen LogP contribution >= 0.6 is 11.6 Å². The lowest BCUT2D eigenvalue weighted by Crippen LogP contribution is -2.32. The molecular formula is C21H26ClN3O3. The molecule has 1 amide bonds. The molecule has 150 valence electrons. The van der Waals surface area contributed by atoms with Crippen LogP contribution in [0.4, 0.5) is 5.69 Å². The van der Waals surface area contributed by atoms with Crippen molar-refractivity contribution in [1.29, 1.82) is 0 Å². The molecule has 2 rings (SSSR count). The Morgan fingerprint density at radius 3 is 2.57 bits per heavy atom. The quantitative estimate of drug-likeness (QED) is 0.382. The summed E-state index contributed by atoms with van der Waals surface area (Å²) in [5.74, 6) is 5.81. The van der Waals surface area contributed by atoms with E-state index in [2.05, 4.69) is 4.99 Å². The van der Waals surface area contributed by atoms with E-state index >= 15 is 0 Å². The van der Waals surface area contributed by atoms with Crippen molar-refractivity contribution in [2.45, 2.75) is 39.2 Å². The van der Waals surface area contributed by atoms with Crippen molar-refractivity contribution in [2.75, 3.05) is 11.4 Å². The second-order valence-electron chi connectivity index (χ2n) is 6.43. The molecule has 7 heteroatoms. The summed E-state index contributed by atoms with van der Waals surface area (Å²) in [7, 11) is 0. The van der Waals surface area contributed by atoms with Crippen LogP contribution in [0, 0.1) is 0 Å². The van der Waals surface area contributed by atoms with Crippen molar-refractivity contribution < 1.29 is 14.7 Å². The molecule has 0 fully saturated rings. The van der Waals surface area contributed by atoms with Crippen molar-refractivity contribution in [3.05, 3.63) is 59.1 Å². The number of anilines is 1. The topological polar surface area (TPSA) is 88.2 Å². The van der Waals surface area contributed by atoms with E-state index in [1.165, 1.54) is 0 Å². The van der Waals surface area contributed by atoms with Gasteiger partial charge in [0.05, 0.1) is 6.04 Å². The predicted octanol–water partition coefficient (Wildman–Crippen LogP) is 4.62. The van der Waals surface area contributed by atoms with Crippen LogP contribution in [0.15, 0.2) is 53.5 Å². The Hall–Kier alpha value is -2.57. The summed E-state index contributed by atoms with van der Waals surface area (Å²) in [6.07, 6.45) is 1.33. The van der Waals surface area contributed by atoms with Gasteiger partial charge in [-0.1, -0.05) is 36.7 Å². The maximum absolute atomic E-state index is 12.8. The normalized spacial score (nSPS) is 12.5. The molecule has 0 aliphatic carbocycles. The number of phenolic OH excluding ortho intramolecular Hbond substituents is 1. The minimum atomic E-state index is -0.214. The van der Waals surface area contributed by atoms with Crippen LogP contribution in [0.1, 0.15) is 44.7 Å². The van der Waals surface area contributed by atoms with Crippen molar-refractivity contribution in [1.82, 2.24) is 0 Å². The minimum Gasteiger partial charge on any atom is -0.508 e. The zero-order chi connectivity index (χ0) is 20.5. The van der Waals surface area contributed by atoms with Crippen molar-refractivity contribution in [3.63, 3.8) is 0 Å². The van der Waals surface area contributed by atoms with Crippen LogP contribution in [-0.4, -0.2) is 23.5 Å². The summed E-state index contributed by atoms with van der Waals surface area (Å²) in [6, 6.07) is 13.8. The minimum absolute atomic E-state index is 0.0499. The number of aromatic hydroxyl groups is 1. The molecule has 0 spiro atoms. The molecular weight excluding hydrogens is 378 g/mol. The molecule has 0 saturated carbocycles. The van der Waals surface area contributed by atoms with Gasteiger partial charge in [-0.3, -0.25) is 4.79 Å². The third-order valence-corrected chi connectivity index (χ3v) is 4.51.